The number of thiophene rings is 1. The summed E-state index contributed by atoms with van der Waals surface area (Å²) in [5, 5.41) is 11.6. The van der Waals surface area contributed by atoms with Crippen LogP contribution >= 0.6 is 11.3 Å². The van der Waals surface area contributed by atoms with E-state index in [1.807, 2.05) is 23.8 Å². The second-order valence-electron chi connectivity index (χ2n) is 4.57. The molecule has 0 aliphatic rings. The van der Waals surface area contributed by atoms with Gasteiger partial charge >= 0.3 is 0 Å². The molecule has 0 bridgehead atoms. The smallest absolute Gasteiger partial charge is 0.261 e. The lowest BCUT2D eigenvalue weighted by Crippen LogP contribution is -2.35. The van der Waals surface area contributed by atoms with Crippen LogP contribution < -0.4 is 5.32 Å². The molecule has 110 valence electrons. The van der Waals surface area contributed by atoms with Gasteiger partial charge in [-0.2, -0.15) is 0 Å². The van der Waals surface area contributed by atoms with Crippen LogP contribution in [0.2, 0.25) is 0 Å². The number of carbonyl (C=O) groups is 1. The van der Waals surface area contributed by atoms with Crippen molar-refractivity contribution in [1.82, 2.24) is 14.9 Å². The molecule has 2 aromatic heterocycles. The maximum Gasteiger partial charge on any atom is 0.261 e. The first-order valence-corrected chi connectivity index (χ1v) is 7.47. The highest BCUT2D eigenvalue weighted by atomic mass is 32.1. The van der Waals surface area contributed by atoms with E-state index >= 15 is 0 Å². The maximum atomic E-state index is 12.1. The zero-order valence-corrected chi connectivity index (χ0v) is 12.6. The fourth-order valence-electron chi connectivity index (χ4n) is 1.78. The van der Waals surface area contributed by atoms with Gasteiger partial charge in [0, 0.05) is 31.4 Å². The summed E-state index contributed by atoms with van der Waals surface area (Å²) in [6, 6.07) is 3.61. The highest BCUT2D eigenvalue weighted by molar-refractivity contribution is 7.14. The maximum absolute atomic E-state index is 12.1. The Morgan fingerprint density at radius 2 is 2.43 bits per heavy atom. The van der Waals surface area contributed by atoms with Crippen LogP contribution in [0.5, 0.6) is 0 Å². The van der Waals surface area contributed by atoms with Crippen molar-refractivity contribution < 1.29 is 9.90 Å². The molecule has 0 fully saturated rings. The highest BCUT2D eigenvalue weighted by Gasteiger charge is 2.12. The largest absolute Gasteiger partial charge is 0.395 e. The third kappa shape index (κ3) is 4.74. The molecule has 2 aromatic rings. The summed E-state index contributed by atoms with van der Waals surface area (Å²) in [7, 11) is 0. The summed E-state index contributed by atoms with van der Waals surface area (Å²) in [4.78, 5) is 17.6. The van der Waals surface area contributed by atoms with Crippen molar-refractivity contribution >= 4 is 17.2 Å². The van der Waals surface area contributed by atoms with Crippen molar-refractivity contribution in [3.05, 3.63) is 40.6 Å². The third-order valence-electron chi connectivity index (χ3n) is 2.70. The first kappa shape index (κ1) is 15.3. The molecule has 5 nitrogen and oxygen atoms in total. The molecular weight excluding hydrogens is 286 g/mol. The van der Waals surface area contributed by atoms with Crippen LogP contribution in [0.3, 0.4) is 0 Å². The van der Waals surface area contributed by atoms with Crippen LogP contribution in [-0.2, 0) is 6.54 Å². The van der Waals surface area contributed by atoms with Crippen LogP contribution in [-0.4, -0.2) is 33.2 Å². The molecule has 1 atom stereocenters. The van der Waals surface area contributed by atoms with Gasteiger partial charge in [-0.25, -0.2) is 4.98 Å². The molecule has 0 saturated carbocycles. The van der Waals surface area contributed by atoms with Gasteiger partial charge in [-0.1, -0.05) is 11.8 Å². The van der Waals surface area contributed by atoms with E-state index in [1.54, 1.807) is 18.6 Å². The molecule has 0 radical (unpaired) electrons. The fraction of sp³-hybridized carbons (Fsp3) is 0.333. The quantitative estimate of drug-likeness (QED) is 0.823. The Hall–Kier alpha value is -2.10. The predicted molar refractivity (Wildman–Crippen MR) is 82.1 cm³/mol. The van der Waals surface area contributed by atoms with Crippen LogP contribution in [0.15, 0.2) is 30.9 Å². The number of imidazole rings is 1. The molecule has 0 saturated heterocycles. The lowest BCUT2D eigenvalue weighted by Gasteiger charge is -2.13. The molecular formula is C15H17N3O2S. The monoisotopic (exact) mass is 303 g/mol. The molecule has 1 amide bonds. The molecule has 0 aromatic carbocycles. The van der Waals surface area contributed by atoms with Crippen molar-refractivity contribution in [2.75, 3.05) is 6.61 Å². The number of nitrogens with zero attached hydrogens (tertiary/aromatic N) is 2. The SMILES string of the molecule is CC(Cn1ccnc1)NC(=O)c1ccc(C#CCCO)s1. The summed E-state index contributed by atoms with van der Waals surface area (Å²) >= 11 is 1.35. The van der Waals surface area contributed by atoms with Gasteiger partial charge in [0.15, 0.2) is 0 Å². The molecule has 21 heavy (non-hydrogen) atoms. The molecule has 2 heterocycles. The number of hydrogen-bond acceptors (Lipinski definition) is 4. The predicted octanol–water partition coefficient (Wildman–Crippen LogP) is 1.50. The topological polar surface area (TPSA) is 67.2 Å². The van der Waals surface area contributed by atoms with Crippen molar-refractivity contribution in [2.45, 2.75) is 25.9 Å². The van der Waals surface area contributed by atoms with Gasteiger partial charge in [-0.3, -0.25) is 4.79 Å². The fourth-order valence-corrected chi connectivity index (χ4v) is 2.57. The minimum Gasteiger partial charge on any atom is -0.395 e. The Labute approximate surface area is 127 Å². The Balaban J connectivity index is 1.90. The van der Waals surface area contributed by atoms with E-state index in [0.29, 0.717) is 17.8 Å². The highest BCUT2D eigenvalue weighted by Crippen LogP contribution is 2.15. The number of hydrogen-bond donors (Lipinski definition) is 2. The summed E-state index contributed by atoms with van der Waals surface area (Å²) in [5.41, 5.74) is 0. The Morgan fingerprint density at radius 3 is 3.14 bits per heavy atom. The second kappa shape index (κ2) is 7.62. The lowest BCUT2D eigenvalue weighted by molar-refractivity contribution is 0.0941. The van der Waals surface area contributed by atoms with Gasteiger partial charge in [0.1, 0.15) is 0 Å². The van der Waals surface area contributed by atoms with E-state index in [0.717, 1.165) is 4.88 Å². The minimum absolute atomic E-state index is 0.0118. The van der Waals surface area contributed by atoms with Crippen molar-refractivity contribution in [3.8, 4) is 11.8 Å². The zero-order valence-electron chi connectivity index (χ0n) is 11.7. The van der Waals surface area contributed by atoms with Crippen LogP contribution in [0, 0.1) is 11.8 Å². The van der Waals surface area contributed by atoms with E-state index in [2.05, 4.69) is 22.1 Å². The molecule has 0 aliphatic carbocycles. The van der Waals surface area contributed by atoms with Crippen LogP contribution in [0.4, 0.5) is 0 Å². The first-order chi connectivity index (χ1) is 10.2. The molecule has 6 heteroatoms. The van der Waals surface area contributed by atoms with Gasteiger partial charge in [0.2, 0.25) is 0 Å². The van der Waals surface area contributed by atoms with Crippen molar-refractivity contribution in [2.24, 2.45) is 0 Å². The molecule has 2 N–H and O–H groups in total. The van der Waals surface area contributed by atoms with E-state index in [4.69, 9.17) is 5.11 Å². The van der Waals surface area contributed by atoms with E-state index in [-0.39, 0.29) is 18.6 Å². The normalized spacial score (nSPS) is 11.5. The van der Waals surface area contributed by atoms with E-state index in [1.165, 1.54) is 11.3 Å². The van der Waals surface area contributed by atoms with Gasteiger partial charge in [0.05, 0.1) is 22.7 Å². The second-order valence-corrected chi connectivity index (χ2v) is 5.66. The first-order valence-electron chi connectivity index (χ1n) is 6.65. The number of rotatable bonds is 5. The minimum atomic E-state index is -0.0946. The van der Waals surface area contributed by atoms with Gasteiger partial charge in [0.25, 0.3) is 5.91 Å². The van der Waals surface area contributed by atoms with Crippen LogP contribution in [0.25, 0.3) is 0 Å². The van der Waals surface area contributed by atoms with E-state index in [9.17, 15) is 4.79 Å². The van der Waals surface area contributed by atoms with E-state index < -0.39 is 0 Å². The summed E-state index contributed by atoms with van der Waals surface area (Å²) in [6.07, 6.45) is 5.75. The standard InChI is InChI=1S/C15H17N3O2S/c1-12(10-18-8-7-16-11-18)17-15(20)14-6-5-13(21-14)4-2-3-9-19/h5-8,11-12,19H,3,9-10H2,1H3,(H,17,20). The average Bonchev–Trinajstić information content (AvgIpc) is 3.10. The Bertz CT molecular complexity index is 637. The van der Waals surface area contributed by atoms with Gasteiger partial charge in [-0.15, -0.1) is 11.3 Å². The number of aliphatic hydroxyl groups excluding tert-OH is 1. The van der Waals surface area contributed by atoms with Crippen LogP contribution in [0.1, 0.15) is 27.9 Å². The number of aromatic nitrogens is 2. The zero-order chi connectivity index (χ0) is 15.1. The number of carbonyl (C=O) groups excluding carboxylic acids is 1. The number of nitrogens with one attached hydrogen (secondary N) is 1. The molecule has 1 unspecified atom stereocenters. The Kier molecular flexibility index (Phi) is 5.55. The average molecular weight is 303 g/mol. The third-order valence-corrected chi connectivity index (χ3v) is 3.70. The molecule has 2 rings (SSSR count). The van der Waals surface area contributed by atoms with Crippen molar-refractivity contribution in [3.63, 3.8) is 0 Å². The summed E-state index contributed by atoms with van der Waals surface area (Å²) < 4.78 is 1.92. The number of aliphatic hydroxyl groups is 1. The molecule has 0 aliphatic heterocycles. The van der Waals surface area contributed by atoms with Gasteiger partial charge < -0.3 is 15.0 Å². The summed E-state index contributed by atoms with van der Waals surface area (Å²) in [6.45, 7) is 2.69. The lowest BCUT2D eigenvalue weighted by atomic mass is 10.3. The molecule has 0 spiro atoms. The summed E-state index contributed by atoms with van der Waals surface area (Å²) in [5.74, 6) is 5.67. The van der Waals surface area contributed by atoms with Crippen molar-refractivity contribution in [1.29, 1.82) is 0 Å². The number of amides is 1. The van der Waals surface area contributed by atoms with Gasteiger partial charge in [-0.05, 0) is 19.1 Å². The Morgan fingerprint density at radius 1 is 1.57 bits per heavy atom.